The van der Waals surface area contributed by atoms with Crippen molar-refractivity contribution in [3.63, 3.8) is 0 Å². The quantitative estimate of drug-likeness (QED) is 0.617. The molecule has 0 saturated heterocycles. The molecular formula is C11H13ClO2. The molecule has 14 heavy (non-hydrogen) atoms. The summed E-state index contributed by atoms with van der Waals surface area (Å²) in [6, 6.07) is 5.30. The molecule has 1 aromatic rings. The fourth-order valence-electron chi connectivity index (χ4n) is 1.33. The van der Waals surface area contributed by atoms with Gasteiger partial charge in [-0.1, -0.05) is 11.6 Å². The number of aryl methyl sites for hydroxylation is 1. The molecule has 1 atom stereocenters. The van der Waals surface area contributed by atoms with Crippen LogP contribution < -0.4 is 0 Å². The van der Waals surface area contributed by atoms with Crippen molar-refractivity contribution in [3.8, 4) is 0 Å². The van der Waals surface area contributed by atoms with E-state index < -0.39 is 5.38 Å². The van der Waals surface area contributed by atoms with Crippen LogP contribution in [0.4, 0.5) is 0 Å². The van der Waals surface area contributed by atoms with Crippen LogP contribution in [0.1, 0.15) is 28.4 Å². The van der Waals surface area contributed by atoms with Crippen molar-refractivity contribution in [2.75, 3.05) is 0 Å². The Labute approximate surface area is 88.5 Å². The fourth-order valence-corrected chi connectivity index (χ4v) is 1.45. The number of halogens is 1. The van der Waals surface area contributed by atoms with Gasteiger partial charge in [-0.05, 0) is 31.5 Å². The van der Waals surface area contributed by atoms with Crippen LogP contribution in [-0.2, 0) is 6.61 Å². The molecule has 1 N–H and O–H groups in total. The van der Waals surface area contributed by atoms with Crippen LogP contribution in [-0.4, -0.2) is 16.3 Å². The van der Waals surface area contributed by atoms with E-state index >= 15 is 0 Å². The lowest BCUT2D eigenvalue weighted by Crippen LogP contribution is -2.11. The second-order valence-corrected chi connectivity index (χ2v) is 4.00. The van der Waals surface area contributed by atoms with Crippen LogP contribution in [0.25, 0.3) is 0 Å². The van der Waals surface area contributed by atoms with E-state index in [-0.39, 0.29) is 12.4 Å². The molecule has 1 aromatic carbocycles. The zero-order valence-electron chi connectivity index (χ0n) is 8.25. The average molecular weight is 213 g/mol. The highest BCUT2D eigenvalue weighted by atomic mass is 35.5. The van der Waals surface area contributed by atoms with Gasteiger partial charge in [0.15, 0.2) is 5.78 Å². The highest BCUT2D eigenvalue weighted by molar-refractivity contribution is 6.33. The third-order valence-electron chi connectivity index (χ3n) is 1.97. The van der Waals surface area contributed by atoms with E-state index in [0.717, 1.165) is 11.1 Å². The normalized spacial score (nSPS) is 12.6. The highest BCUT2D eigenvalue weighted by Gasteiger charge is 2.12. The lowest BCUT2D eigenvalue weighted by atomic mass is 10.0. The molecule has 1 unspecified atom stereocenters. The van der Waals surface area contributed by atoms with E-state index in [2.05, 4.69) is 0 Å². The number of hydrogen-bond donors (Lipinski definition) is 1. The zero-order chi connectivity index (χ0) is 10.7. The Morgan fingerprint density at radius 1 is 1.50 bits per heavy atom. The topological polar surface area (TPSA) is 37.3 Å². The molecule has 0 saturated carbocycles. The van der Waals surface area contributed by atoms with Crippen molar-refractivity contribution in [2.45, 2.75) is 25.8 Å². The summed E-state index contributed by atoms with van der Waals surface area (Å²) in [5, 5.41) is 8.44. The maximum Gasteiger partial charge on any atom is 0.180 e. The highest BCUT2D eigenvalue weighted by Crippen LogP contribution is 2.13. The van der Waals surface area contributed by atoms with Crippen LogP contribution in [0, 0.1) is 6.92 Å². The van der Waals surface area contributed by atoms with Crippen molar-refractivity contribution >= 4 is 17.4 Å². The van der Waals surface area contributed by atoms with Crippen molar-refractivity contribution < 1.29 is 9.90 Å². The van der Waals surface area contributed by atoms with E-state index in [4.69, 9.17) is 16.7 Å². The van der Waals surface area contributed by atoms with Crippen LogP contribution in [0.15, 0.2) is 18.2 Å². The van der Waals surface area contributed by atoms with Gasteiger partial charge in [-0.15, -0.1) is 11.6 Å². The number of Topliss-reactive ketones (excluding diaryl/α,β-unsaturated/α-hetero) is 1. The number of aliphatic hydroxyl groups excluding tert-OH is 1. The molecule has 0 aliphatic carbocycles. The summed E-state index contributed by atoms with van der Waals surface area (Å²) < 4.78 is 0. The minimum absolute atomic E-state index is 0.0569. The van der Waals surface area contributed by atoms with Gasteiger partial charge in [-0.25, -0.2) is 0 Å². The molecular weight excluding hydrogens is 200 g/mol. The molecule has 0 radical (unpaired) electrons. The number of aliphatic hydroxyl groups is 1. The first-order chi connectivity index (χ1) is 6.54. The summed E-state index contributed by atoms with van der Waals surface area (Å²) in [6.45, 7) is 3.47. The third kappa shape index (κ3) is 2.56. The number of rotatable bonds is 3. The average Bonchev–Trinajstić information content (AvgIpc) is 2.15. The summed E-state index contributed by atoms with van der Waals surface area (Å²) in [4.78, 5) is 11.6. The first kappa shape index (κ1) is 11.2. The van der Waals surface area contributed by atoms with Crippen LogP contribution in [0.2, 0.25) is 0 Å². The van der Waals surface area contributed by atoms with Crippen LogP contribution in [0.5, 0.6) is 0 Å². The molecule has 3 heteroatoms. The fraction of sp³-hybridized carbons (Fsp3) is 0.364. The second kappa shape index (κ2) is 4.58. The largest absolute Gasteiger partial charge is 0.392 e. The smallest absolute Gasteiger partial charge is 0.180 e. The van der Waals surface area contributed by atoms with Crippen molar-refractivity contribution in [1.82, 2.24) is 0 Å². The number of ketones is 1. The predicted molar refractivity (Wildman–Crippen MR) is 56.7 cm³/mol. The minimum atomic E-state index is -0.525. The summed E-state index contributed by atoms with van der Waals surface area (Å²) in [6.07, 6.45) is 0. The Bertz CT molecular complexity index is 345. The summed E-state index contributed by atoms with van der Waals surface area (Å²) >= 11 is 5.70. The van der Waals surface area contributed by atoms with Crippen LogP contribution in [0.3, 0.4) is 0 Å². The SMILES string of the molecule is Cc1cc(CO)cc(C(=O)C(C)Cl)c1. The molecule has 2 nitrogen and oxygen atoms in total. The number of carbonyl (C=O) groups is 1. The molecule has 0 bridgehead atoms. The monoisotopic (exact) mass is 212 g/mol. The Morgan fingerprint density at radius 2 is 2.14 bits per heavy atom. The number of alkyl halides is 1. The van der Waals surface area contributed by atoms with E-state index in [1.807, 2.05) is 13.0 Å². The van der Waals surface area contributed by atoms with Gasteiger partial charge in [0.25, 0.3) is 0 Å². The lowest BCUT2D eigenvalue weighted by Gasteiger charge is -2.06. The molecule has 76 valence electrons. The minimum Gasteiger partial charge on any atom is -0.392 e. The Kier molecular flexibility index (Phi) is 3.67. The summed E-state index contributed by atoms with van der Waals surface area (Å²) in [5.74, 6) is -0.106. The van der Waals surface area contributed by atoms with Gasteiger partial charge in [-0.3, -0.25) is 4.79 Å². The van der Waals surface area contributed by atoms with Gasteiger partial charge >= 0.3 is 0 Å². The van der Waals surface area contributed by atoms with Gasteiger partial charge in [0.1, 0.15) is 0 Å². The van der Waals surface area contributed by atoms with E-state index in [1.54, 1.807) is 19.1 Å². The molecule has 0 aliphatic heterocycles. The van der Waals surface area contributed by atoms with E-state index in [9.17, 15) is 4.79 Å². The van der Waals surface area contributed by atoms with E-state index in [1.165, 1.54) is 0 Å². The maximum absolute atomic E-state index is 11.6. The van der Waals surface area contributed by atoms with Crippen molar-refractivity contribution in [1.29, 1.82) is 0 Å². The van der Waals surface area contributed by atoms with Gasteiger partial charge in [0.05, 0.1) is 12.0 Å². The van der Waals surface area contributed by atoms with Gasteiger partial charge < -0.3 is 5.11 Å². The van der Waals surface area contributed by atoms with Crippen LogP contribution >= 0.6 is 11.6 Å². The van der Waals surface area contributed by atoms with Gasteiger partial charge in [0, 0.05) is 5.56 Å². The molecule has 1 rings (SSSR count). The standard InChI is InChI=1S/C11H13ClO2/c1-7-3-9(6-13)5-10(4-7)11(14)8(2)12/h3-5,8,13H,6H2,1-2H3. The van der Waals surface area contributed by atoms with Crippen molar-refractivity contribution in [2.24, 2.45) is 0 Å². The maximum atomic E-state index is 11.6. The molecule has 0 spiro atoms. The first-order valence-corrected chi connectivity index (χ1v) is 4.88. The first-order valence-electron chi connectivity index (χ1n) is 4.44. The van der Waals surface area contributed by atoms with E-state index in [0.29, 0.717) is 5.56 Å². The number of carbonyl (C=O) groups excluding carboxylic acids is 1. The summed E-state index contributed by atoms with van der Waals surface area (Å²) in [7, 11) is 0. The Morgan fingerprint density at radius 3 is 2.64 bits per heavy atom. The predicted octanol–water partition coefficient (Wildman–Crippen LogP) is 2.30. The van der Waals surface area contributed by atoms with Crippen molar-refractivity contribution in [3.05, 3.63) is 34.9 Å². The Balaban J connectivity index is 3.09. The third-order valence-corrected chi connectivity index (χ3v) is 2.16. The molecule has 0 aliphatic rings. The lowest BCUT2D eigenvalue weighted by molar-refractivity contribution is 0.0991. The molecule has 0 heterocycles. The molecule has 0 aromatic heterocycles. The van der Waals surface area contributed by atoms with Gasteiger partial charge in [0.2, 0.25) is 0 Å². The zero-order valence-corrected chi connectivity index (χ0v) is 9.01. The van der Waals surface area contributed by atoms with Gasteiger partial charge in [-0.2, -0.15) is 0 Å². The second-order valence-electron chi connectivity index (χ2n) is 3.35. The number of hydrogen-bond acceptors (Lipinski definition) is 2. The molecule has 0 fully saturated rings. The summed E-state index contributed by atoms with van der Waals surface area (Å²) in [5.41, 5.74) is 2.26. The number of benzene rings is 1. The molecule has 0 amide bonds. The Hall–Kier alpha value is -0.860.